The molecule has 41 heavy (non-hydrogen) atoms. The largest absolute Gasteiger partial charge is 0.455 e. The number of aliphatic hydroxyl groups is 3. The molecule has 5 rings (SSSR count). The molecule has 1 aromatic rings. The Labute approximate surface area is 238 Å². The molecule has 0 radical (unpaired) electrons. The van der Waals surface area contributed by atoms with Gasteiger partial charge in [-0.15, -0.1) is 0 Å². The summed E-state index contributed by atoms with van der Waals surface area (Å²) in [7, 11) is 0. The van der Waals surface area contributed by atoms with Crippen LogP contribution in [0.3, 0.4) is 0 Å². The van der Waals surface area contributed by atoms with Crippen LogP contribution >= 0.6 is 0 Å². The van der Waals surface area contributed by atoms with Crippen molar-refractivity contribution in [1.29, 1.82) is 0 Å². The summed E-state index contributed by atoms with van der Waals surface area (Å²) in [4.78, 5) is 54.3. The summed E-state index contributed by atoms with van der Waals surface area (Å²) in [6.07, 6.45) is -5.50. The van der Waals surface area contributed by atoms with Crippen LogP contribution in [-0.4, -0.2) is 81.0 Å². The molecule has 1 aliphatic heterocycles. The highest BCUT2D eigenvalue weighted by molar-refractivity contribution is 6.08. The molecule has 4 aliphatic rings. The Kier molecular flexibility index (Phi) is 6.89. The summed E-state index contributed by atoms with van der Waals surface area (Å²) < 4.78 is 17.9. The Morgan fingerprint density at radius 3 is 2.22 bits per heavy atom. The lowest BCUT2D eigenvalue weighted by Crippen LogP contribution is -2.81. The standard InChI is InChI=1S/C31H38O10/c1-15-19(34)13-31(38)26(40-27(37)18-10-8-7-9-11-18)24-29(6,25(36)22(16(2)32)23(15)28(31,4)5)20(35)12-21-30(24,14-39-21)41-17(3)33/h7-11,19-22,24,26,34-35,38H,12-14H2,1-6H3/t19?,20?,21?,22?,24?,26?,29-,30+,31?/m1/s1. The minimum atomic E-state index is -2.07. The fourth-order valence-electron chi connectivity index (χ4n) is 8.10. The van der Waals surface area contributed by atoms with Crippen molar-refractivity contribution >= 4 is 23.5 Å². The second-order valence-electron chi connectivity index (χ2n) is 12.8. The number of hydrogen-bond acceptors (Lipinski definition) is 10. The first-order valence-electron chi connectivity index (χ1n) is 14.0. The zero-order valence-corrected chi connectivity index (χ0v) is 24.2. The molecule has 1 heterocycles. The number of carbonyl (C=O) groups excluding carboxylic acids is 4. The zero-order chi connectivity index (χ0) is 30.3. The molecule has 7 unspecified atom stereocenters. The van der Waals surface area contributed by atoms with Crippen molar-refractivity contribution in [1.82, 2.24) is 0 Å². The first-order valence-corrected chi connectivity index (χ1v) is 14.0. The summed E-state index contributed by atoms with van der Waals surface area (Å²) >= 11 is 0. The third-order valence-electron chi connectivity index (χ3n) is 10.4. The highest BCUT2D eigenvalue weighted by Gasteiger charge is 2.78. The minimum Gasteiger partial charge on any atom is -0.455 e. The molecule has 0 amide bonds. The monoisotopic (exact) mass is 570 g/mol. The van der Waals surface area contributed by atoms with Crippen molar-refractivity contribution in [3.8, 4) is 0 Å². The molecule has 3 aliphatic carbocycles. The molecular weight excluding hydrogens is 532 g/mol. The van der Waals surface area contributed by atoms with Gasteiger partial charge in [0, 0.05) is 25.2 Å². The van der Waals surface area contributed by atoms with Gasteiger partial charge in [-0.2, -0.15) is 0 Å². The van der Waals surface area contributed by atoms with Gasteiger partial charge in [-0.3, -0.25) is 14.4 Å². The van der Waals surface area contributed by atoms with Crippen molar-refractivity contribution in [3.05, 3.63) is 47.0 Å². The van der Waals surface area contributed by atoms with Crippen LogP contribution in [0, 0.1) is 22.7 Å². The number of rotatable bonds is 4. The average Bonchev–Trinajstić information content (AvgIpc) is 2.89. The Hall–Kier alpha value is -2.92. The van der Waals surface area contributed by atoms with Gasteiger partial charge in [-0.05, 0) is 44.1 Å². The van der Waals surface area contributed by atoms with E-state index in [1.807, 2.05) is 0 Å². The molecule has 3 fully saturated rings. The normalized spacial score (nSPS) is 41.1. The van der Waals surface area contributed by atoms with Crippen LogP contribution < -0.4 is 0 Å². The van der Waals surface area contributed by atoms with Crippen molar-refractivity contribution < 1.29 is 48.7 Å². The summed E-state index contributed by atoms with van der Waals surface area (Å²) in [5, 5.41) is 35.7. The van der Waals surface area contributed by atoms with E-state index in [-0.39, 0.29) is 30.6 Å². The van der Waals surface area contributed by atoms with Crippen LogP contribution in [0.2, 0.25) is 0 Å². The predicted molar refractivity (Wildman–Crippen MR) is 143 cm³/mol. The first kappa shape index (κ1) is 29.6. The van der Waals surface area contributed by atoms with Gasteiger partial charge in [0.15, 0.2) is 11.4 Å². The molecule has 3 N–H and O–H groups in total. The first-order chi connectivity index (χ1) is 19.0. The quantitative estimate of drug-likeness (QED) is 0.278. The van der Waals surface area contributed by atoms with Crippen LogP contribution in [0.1, 0.15) is 64.7 Å². The van der Waals surface area contributed by atoms with Gasteiger partial charge in [-0.25, -0.2) is 4.79 Å². The van der Waals surface area contributed by atoms with Crippen LogP contribution in [0.4, 0.5) is 0 Å². The summed E-state index contributed by atoms with van der Waals surface area (Å²) in [6, 6.07) is 8.09. The van der Waals surface area contributed by atoms with Gasteiger partial charge < -0.3 is 29.5 Å². The fourth-order valence-corrected chi connectivity index (χ4v) is 8.10. The third kappa shape index (κ3) is 3.91. The number of fused-ring (bicyclic) bond motifs is 5. The van der Waals surface area contributed by atoms with E-state index in [1.165, 1.54) is 32.9 Å². The van der Waals surface area contributed by atoms with E-state index in [0.717, 1.165) is 0 Å². The molecular formula is C31H38O10. The van der Waals surface area contributed by atoms with Crippen LogP contribution in [-0.2, 0) is 28.6 Å². The second-order valence-corrected chi connectivity index (χ2v) is 12.8. The van der Waals surface area contributed by atoms with Crippen LogP contribution in [0.25, 0.3) is 0 Å². The number of ketones is 2. The lowest BCUT2D eigenvalue weighted by molar-refractivity contribution is -0.345. The van der Waals surface area contributed by atoms with E-state index in [9.17, 15) is 34.5 Å². The summed E-state index contributed by atoms with van der Waals surface area (Å²) in [6.45, 7) is 8.69. The molecule has 2 bridgehead atoms. The van der Waals surface area contributed by atoms with Crippen molar-refractivity contribution in [2.45, 2.75) is 90.0 Å². The molecule has 0 aromatic heterocycles. The van der Waals surface area contributed by atoms with Crippen molar-refractivity contribution in [3.63, 3.8) is 0 Å². The Bertz CT molecular complexity index is 1330. The fraction of sp³-hybridized carbons (Fsp3) is 0.613. The topological polar surface area (TPSA) is 157 Å². The van der Waals surface area contributed by atoms with Gasteiger partial charge in [0.1, 0.15) is 23.6 Å². The number of ether oxygens (including phenoxy) is 3. The Morgan fingerprint density at radius 2 is 1.68 bits per heavy atom. The molecule has 9 atom stereocenters. The van der Waals surface area contributed by atoms with E-state index < -0.39 is 81.8 Å². The number of aliphatic hydroxyl groups excluding tert-OH is 2. The molecule has 10 heteroatoms. The van der Waals surface area contributed by atoms with Gasteiger partial charge >= 0.3 is 11.9 Å². The van der Waals surface area contributed by atoms with Crippen LogP contribution in [0.15, 0.2) is 41.5 Å². The third-order valence-corrected chi connectivity index (χ3v) is 10.4. The summed E-state index contributed by atoms with van der Waals surface area (Å²) in [5.41, 5.74) is -6.07. The lowest BCUT2D eigenvalue weighted by Gasteiger charge is -2.67. The van der Waals surface area contributed by atoms with Crippen molar-refractivity contribution in [2.24, 2.45) is 22.7 Å². The Balaban J connectivity index is 1.85. The summed E-state index contributed by atoms with van der Waals surface area (Å²) in [5.74, 6) is -5.41. The highest BCUT2D eigenvalue weighted by atomic mass is 16.6. The van der Waals surface area contributed by atoms with Gasteiger partial charge in [0.2, 0.25) is 0 Å². The maximum absolute atomic E-state index is 14.8. The number of benzene rings is 1. The Morgan fingerprint density at radius 1 is 1.05 bits per heavy atom. The molecule has 222 valence electrons. The molecule has 1 saturated heterocycles. The van der Waals surface area contributed by atoms with Gasteiger partial charge in [0.05, 0.1) is 41.6 Å². The number of hydrogen-bond donors (Lipinski definition) is 3. The maximum atomic E-state index is 14.8. The van der Waals surface area contributed by atoms with E-state index in [1.54, 1.807) is 39.0 Å². The molecule has 0 spiro atoms. The average molecular weight is 571 g/mol. The van der Waals surface area contributed by atoms with E-state index in [2.05, 4.69) is 0 Å². The second kappa shape index (κ2) is 9.55. The van der Waals surface area contributed by atoms with Gasteiger partial charge in [-0.1, -0.05) is 32.0 Å². The predicted octanol–water partition coefficient (Wildman–Crippen LogP) is 1.93. The smallest absolute Gasteiger partial charge is 0.338 e. The van der Waals surface area contributed by atoms with E-state index in [0.29, 0.717) is 5.57 Å². The van der Waals surface area contributed by atoms with Crippen molar-refractivity contribution in [2.75, 3.05) is 6.61 Å². The minimum absolute atomic E-state index is 0.0848. The SMILES string of the molecule is CC(=O)O[C@@]12COC1CC(O)[C@@]1(C)C(=O)C(C(C)=O)C3=C(C)C(O)CC(O)(C(OC(=O)c4ccccc4)C21)C3(C)C. The molecule has 1 aromatic carbocycles. The number of esters is 2. The molecule has 2 saturated carbocycles. The van der Waals surface area contributed by atoms with Gasteiger partial charge in [0.25, 0.3) is 0 Å². The number of Topliss-reactive ketones (excluding diaryl/α,β-unsaturated/α-hetero) is 2. The lowest BCUT2D eigenvalue weighted by atomic mass is 9.43. The maximum Gasteiger partial charge on any atom is 0.338 e. The highest BCUT2D eigenvalue weighted by Crippen LogP contribution is 2.64. The van der Waals surface area contributed by atoms with E-state index >= 15 is 0 Å². The van der Waals surface area contributed by atoms with Crippen LogP contribution in [0.5, 0.6) is 0 Å². The zero-order valence-electron chi connectivity index (χ0n) is 24.2. The number of carbonyl (C=O) groups is 4. The molecule has 10 nitrogen and oxygen atoms in total. The van der Waals surface area contributed by atoms with E-state index in [4.69, 9.17) is 14.2 Å².